The summed E-state index contributed by atoms with van der Waals surface area (Å²) in [6, 6.07) is 0. The molecule has 4 aliphatic carbocycles. The molecule has 3 saturated carbocycles. The van der Waals surface area contributed by atoms with Gasteiger partial charge >= 0.3 is 6.09 Å². The van der Waals surface area contributed by atoms with Crippen molar-refractivity contribution in [3.8, 4) is 0 Å². The summed E-state index contributed by atoms with van der Waals surface area (Å²) >= 11 is 0. The highest BCUT2D eigenvalue weighted by Gasteiger charge is 2.64. The van der Waals surface area contributed by atoms with Crippen molar-refractivity contribution in [1.82, 2.24) is 5.32 Å². The Bertz CT molecular complexity index is 831. The van der Waals surface area contributed by atoms with E-state index >= 15 is 0 Å². The lowest BCUT2D eigenvalue weighted by Gasteiger charge is -2.63. The van der Waals surface area contributed by atoms with Crippen LogP contribution in [0.2, 0.25) is 0 Å². The second-order valence-corrected chi connectivity index (χ2v) is 14.3. The monoisotopic (exact) mass is 562 g/mol. The Morgan fingerprint density at radius 3 is 2.50 bits per heavy atom. The molecule has 0 bridgehead atoms. The van der Waals surface area contributed by atoms with Crippen molar-refractivity contribution in [2.75, 3.05) is 33.0 Å². The first-order chi connectivity index (χ1) is 19.0. The molecule has 3 fully saturated rings. The number of nitrogens with two attached hydrogens (primary N) is 1. The highest BCUT2D eigenvalue weighted by Crippen LogP contribution is 2.68. The summed E-state index contributed by atoms with van der Waals surface area (Å²) in [7, 11) is 0. The molecule has 0 aromatic heterocycles. The number of hydrogen-bond acceptors (Lipinski definition) is 4. The van der Waals surface area contributed by atoms with Crippen molar-refractivity contribution >= 4 is 6.09 Å². The number of hydrogen-bond donors (Lipinski definition) is 3. The van der Waals surface area contributed by atoms with Crippen molar-refractivity contribution in [2.24, 2.45) is 46.2 Å². The molecule has 0 saturated heterocycles. The third kappa shape index (κ3) is 7.64. The lowest BCUT2D eigenvalue weighted by Crippen LogP contribution is -2.66. The van der Waals surface area contributed by atoms with E-state index in [-0.39, 0.29) is 5.54 Å². The number of carboxylic acid groups (broad SMARTS) is 1. The van der Waals surface area contributed by atoms with Crippen LogP contribution in [-0.2, 0) is 9.47 Å². The largest absolute Gasteiger partial charge is 0.465 e. The fourth-order valence-corrected chi connectivity index (χ4v) is 9.53. The van der Waals surface area contributed by atoms with Gasteiger partial charge in [0.2, 0.25) is 0 Å². The summed E-state index contributed by atoms with van der Waals surface area (Å²) in [6.07, 6.45) is 18.2. The second-order valence-electron chi connectivity index (χ2n) is 14.3. The minimum atomic E-state index is -1.02. The molecule has 0 aromatic carbocycles. The molecule has 40 heavy (non-hydrogen) atoms. The summed E-state index contributed by atoms with van der Waals surface area (Å²) in [4.78, 5) is 9.94. The van der Waals surface area contributed by atoms with Gasteiger partial charge in [0, 0.05) is 18.7 Å². The normalized spacial score (nSPS) is 35.5. The van der Waals surface area contributed by atoms with E-state index in [0.717, 1.165) is 36.0 Å². The van der Waals surface area contributed by atoms with Crippen LogP contribution in [-0.4, -0.2) is 49.7 Å². The third-order valence-corrected chi connectivity index (χ3v) is 11.5. The molecule has 1 unspecified atom stereocenters. The minimum Gasteiger partial charge on any atom is -0.465 e. The first-order valence-electron chi connectivity index (χ1n) is 16.6. The SMILES string of the molecule is CC(C)CCC[C@@H](C)[C@H]1CC[C@H]2C3(N)CC=C4CCCC[C@]4(C)[C@H]3CC[C@]12C.CCOCCOCCNC(=O)O. The summed E-state index contributed by atoms with van der Waals surface area (Å²) in [6.45, 7) is 16.9. The predicted molar refractivity (Wildman–Crippen MR) is 164 cm³/mol. The predicted octanol–water partition coefficient (Wildman–Crippen LogP) is 7.81. The number of rotatable bonds is 12. The average Bonchev–Trinajstić information content (AvgIpc) is 3.26. The van der Waals surface area contributed by atoms with Crippen molar-refractivity contribution in [2.45, 2.75) is 124 Å². The number of fused-ring (bicyclic) bond motifs is 5. The third-order valence-electron chi connectivity index (χ3n) is 11.5. The molecule has 4 rings (SSSR count). The minimum absolute atomic E-state index is 0.0645. The van der Waals surface area contributed by atoms with E-state index in [4.69, 9.17) is 20.3 Å². The molecule has 6 heteroatoms. The number of amides is 1. The number of ether oxygens (including phenoxy) is 2. The van der Waals surface area contributed by atoms with Gasteiger partial charge in [0.05, 0.1) is 19.8 Å². The number of carbonyl (C=O) groups is 1. The first-order valence-corrected chi connectivity index (χ1v) is 16.6. The second kappa shape index (κ2) is 14.9. The summed E-state index contributed by atoms with van der Waals surface area (Å²) < 4.78 is 10.0. The highest BCUT2D eigenvalue weighted by molar-refractivity contribution is 5.64. The van der Waals surface area contributed by atoms with E-state index in [1.54, 1.807) is 5.57 Å². The fourth-order valence-electron chi connectivity index (χ4n) is 9.53. The molecule has 0 aromatic rings. The van der Waals surface area contributed by atoms with Gasteiger partial charge in [-0.15, -0.1) is 0 Å². The van der Waals surface area contributed by atoms with E-state index in [1.165, 1.54) is 70.6 Å². The van der Waals surface area contributed by atoms with Gasteiger partial charge in [-0.2, -0.15) is 0 Å². The van der Waals surface area contributed by atoms with E-state index in [2.05, 4.69) is 46.0 Å². The van der Waals surface area contributed by atoms with Gasteiger partial charge < -0.3 is 25.6 Å². The lowest BCUT2D eigenvalue weighted by molar-refractivity contribution is -0.0676. The van der Waals surface area contributed by atoms with Crippen LogP contribution >= 0.6 is 0 Å². The average molecular weight is 563 g/mol. The smallest absolute Gasteiger partial charge is 0.404 e. The van der Waals surface area contributed by atoms with E-state index < -0.39 is 6.09 Å². The van der Waals surface area contributed by atoms with Gasteiger partial charge in [-0.25, -0.2) is 4.79 Å². The molecule has 232 valence electrons. The number of nitrogens with one attached hydrogen (secondary N) is 1. The van der Waals surface area contributed by atoms with Gasteiger partial charge in [0.25, 0.3) is 0 Å². The fraction of sp³-hybridized carbons (Fsp3) is 0.912. The van der Waals surface area contributed by atoms with Crippen LogP contribution in [0.3, 0.4) is 0 Å². The van der Waals surface area contributed by atoms with Crippen LogP contribution in [0.4, 0.5) is 4.79 Å². The van der Waals surface area contributed by atoms with Crippen LogP contribution in [0.25, 0.3) is 0 Å². The van der Waals surface area contributed by atoms with E-state index in [9.17, 15) is 4.79 Å². The Balaban J connectivity index is 0.000000312. The van der Waals surface area contributed by atoms with E-state index in [1.807, 2.05) is 6.92 Å². The molecule has 1 amide bonds. The molecule has 0 aliphatic heterocycles. The van der Waals surface area contributed by atoms with Crippen LogP contribution in [0.1, 0.15) is 119 Å². The van der Waals surface area contributed by atoms with Crippen LogP contribution in [0.15, 0.2) is 11.6 Å². The van der Waals surface area contributed by atoms with Gasteiger partial charge in [0.1, 0.15) is 0 Å². The molecule has 7 atom stereocenters. The summed E-state index contributed by atoms with van der Waals surface area (Å²) in [5, 5.41) is 10.4. The Hall–Kier alpha value is -1.11. The summed E-state index contributed by atoms with van der Waals surface area (Å²) in [5.74, 6) is 4.09. The van der Waals surface area contributed by atoms with Crippen molar-refractivity contribution in [3.05, 3.63) is 11.6 Å². The molecule has 0 radical (unpaired) electrons. The van der Waals surface area contributed by atoms with E-state index in [0.29, 0.717) is 43.8 Å². The molecule has 0 heterocycles. The molecular formula is C34H62N2O4. The zero-order valence-electron chi connectivity index (χ0n) is 26.7. The first kappa shape index (κ1) is 33.4. The van der Waals surface area contributed by atoms with Gasteiger partial charge in [-0.3, -0.25) is 0 Å². The van der Waals surface area contributed by atoms with Crippen molar-refractivity contribution in [3.63, 3.8) is 0 Å². The number of allylic oxidation sites excluding steroid dienone is 1. The molecule has 6 nitrogen and oxygen atoms in total. The Labute approximate surface area is 245 Å². The van der Waals surface area contributed by atoms with Gasteiger partial charge in [0.15, 0.2) is 0 Å². The highest BCUT2D eigenvalue weighted by atomic mass is 16.5. The van der Waals surface area contributed by atoms with Crippen molar-refractivity contribution < 1.29 is 19.4 Å². The molecule has 4 aliphatic rings. The maximum Gasteiger partial charge on any atom is 0.404 e. The Morgan fingerprint density at radius 1 is 1.05 bits per heavy atom. The lowest BCUT2D eigenvalue weighted by atomic mass is 9.44. The van der Waals surface area contributed by atoms with Crippen LogP contribution in [0.5, 0.6) is 0 Å². The van der Waals surface area contributed by atoms with Gasteiger partial charge in [-0.05, 0) is 98.7 Å². The zero-order chi connectivity index (χ0) is 29.4. The maximum absolute atomic E-state index is 9.94. The van der Waals surface area contributed by atoms with Gasteiger partial charge in [-0.1, -0.05) is 72.0 Å². The maximum atomic E-state index is 9.94. The molecule has 0 spiro atoms. The topological polar surface area (TPSA) is 93.8 Å². The van der Waals surface area contributed by atoms with Crippen molar-refractivity contribution in [1.29, 1.82) is 0 Å². The zero-order valence-corrected chi connectivity index (χ0v) is 26.7. The quantitative estimate of drug-likeness (QED) is 0.167. The standard InChI is InChI=1S/C27H47N.C7H15NO4/c1-19(2)9-8-10-20(3)22-12-13-23-26(22,5)17-15-24-25(4)16-7-6-11-21(25)14-18-27(23,24)28;1-2-11-5-6-12-4-3-8-7(9)10/h14,19-20,22-24H,6-13,15-18,28H2,1-5H3;8H,2-6H2,1H3,(H,9,10)/t20-,22-,23-,24-,25+,26-,27?;/m1./s1. The van der Waals surface area contributed by atoms with Crippen LogP contribution in [0, 0.1) is 40.4 Å². The van der Waals surface area contributed by atoms with Crippen LogP contribution < -0.4 is 11.1 Å². The summed E-state index contributed by atoms with van der Waals surface area (Å²) in [5.41, 5.74) is 10.2. The molecule has 4 N–H and O–H groups in total. The Morgan fingerprint density at radius 2 is 1.80 bits per heavy atom. The Kier molecular flexibility index (Phi) is 12.4. The molecular weight excluding hydrogens is 500 g/mol.